The van der Waals surface area contributed by atoms with Crippen molar-refractivity contribution in [2.45, 2.75) is 19.5 Å². The summed E-state index contributed by atoms with van der Waals surface area (Å²) in [6.07, 6.45) is -4.47. The van der Waals surface area contributed by atoms with E-state index in [-0.39, 0.29) is 18.0 Å². The van der Waals surface area contributed by atoms with Gasteiger partial charge in [0.2, 0.25) is 5.91 Å². The van der Waals surface area contributed by atoms with Crippen LogP contribution in [0.3, 0.4) is 0 Å². The van der Waals surface area contributed by atoms with Crippen LogP contribution in [-0.2, 0) is 17.4 Å². The highest BCUT2D eigenvalue weighted by molar-refractivity contribution is 6.31. The Kier molecular flexibility index (Phi) is 4.76. The summed E-state index contributed by atoms with van der Waals surface area (Å²) in [4.78, 5) is 11.9. The third-order valence-electron chi connectivity index (χ3n) is 3.00. The monoisotopic (exact) mass is 327 g/mol. The van der Waals surface area contributed by atoms with Gasteiger partial charge in [0.05, 0.1) is 17.0 Å². The number of nitrogens with one attached hydrogen (secondary N) is 1. The molecule has 0 aliphatic rings. The van der Waals surface area contributed by atoms with Crippen LogP contribution in [0.15, 0.2) is 42.5 Å². The predicted molar refractivity (Wildman–Crippen MR) is 80.0 cm³/mol. The Morgan fingerprint density at radius 3 is 2.55 bits per heavy atom. The predicted octanol–water partition coefficient (Wildman–Crippen LogP) is 4.85. The molecular formula is C16H13ClF3NO. The minimum atomic E-state index is -4.56. The van der Waals surface area contributed by atoms with Gasteiger partial charge in [-0.1, -0.05) is 41.4 Å². The van der Waals surface area contributed by atoms with E-state index in [1.165, 1.54) is 6.07 Å². The number of halogens is 4. The molecule has 2 nitrogen and oxygen atoms in total. The summed E-state index contributed by atoms with van der Waals surface area (Å²) >= 11 is 5.53. The van der Waals surface area contributed by atoms with Gasteiger partial charge in [0.15, 0.2) is 0 Å². The maximum Gasteiger partial charge on any atom is 0.417 e. The van der Waals surface area contributed by atoms with Crippen molar-refractivity contribution in [3.05, 3.63) is 64.2 Å². The second kappa shape index (κ2) is 6.40. The molecule has 0 unspecified atom stereocenters. The van der Waals surface area contributed by atoms with Crippen molar-refractivity contribution in [3.8, 4) is 0 Å². The summed E-state index contributed by atoms with van der Waals surface area (Å²) in [7, 11) is 0. The van der Waals surface area contributed by atoms with E-state index in [4.69, 9.17) is 11.6 Å². The molecule has 0 aromatic heterocycles. The van der Waals surface area contributed by atoms with Crippen molar-refractivity contribution in [3.63, 3.8) is 0 Å². The molecule has 0 aliphatic carbocycles. The molecule has 0 spiro atoms. The zero-order valence-electron chi connectivity index (χ0n) is 11.7. The number of carbonyl (C=O) groups is 1. The Hall–Kier alpha value is -2.01. The van der Waals surface area contributed by atoms with Crippen molar-refractivity contribution < 1.29 is 18.0 Å². The molecule has 2 rings (SSSR count). The van der Waals surface area contributed by atoms with Gasteiger partial charge in [0.25, 0.3) is 0 Å². The maximum absolute atomic E-state index is 12.8. The quantitative estimate of drug-likeness (QED) is 0.858. The molecule has 2 aromatic carbocycles. The lowest BCUT2D eigenvalue weighted by atomic mass is 10.1. The smallest absolute Gasteiger partial charge is 0.326 e. The molecule has 0 aliphatic heterocycles. The normalized spacial score (nSPS) is 11.3. The molecule has 0 saturated heterocycles. The summed E-state index contributed by atoms with van der Waals surface area (Å²) in [5.74, 6) is -0.388. The first kappa shape index (κ1) is 16.4. The molecule has 0 fully saturated rings. The number of anilines is 1. The first-order valence-corrected chi connectivity index (χ1v) is 6.85. The first-order chi connectivity index (χ1) is 10.3. The van der Waals surface area contributed by atoms with Crippen LogP contribution in [0.5, 0.6) is 0 Å². The highest BCUT2D eigenvalue weighted by atomic mass is 35.5. The summed E-state index contributed by atoms with van der Waals surface area (Å²) in [5, 5.41) is 2.05. The first-order valence-electron chi connectivity index (χ1n) is 6.48. The molecule has 1 N–H and O–H groups in total. The summed E-state index contributed by atoms with van der Waals surface area (Å²) < 4.78 is 38.3. The van der Waals surface area contributed by atoms with Crippen LogP contribution >= 0.6 is 11.6 Å². The Morgan fingerprint density at radius 2 is 1.91 bits per heavy atom. The topological polar surface area (TPSA) is 29.1 Å². The molecule has 0 radical (unpaired) electrons. The van der Waals surface area contributed by atoms with Gasteiger partial charge in [-0.2, -0.15) is 13.2 Å². The summed E-state index contributed by atoms with van der Waals surface area (Å²) in [5.41, 5.74) is 0.899. The fourth-order valence-electron chi connectivity index (χ4n) is 2.03. The van der Waals surface area contributed by atoms with Crippen molar-refractivity contribution in [2.75, 3.05) is 5.32 Å². The number of amides is 1. The number of carbonyl (C=O) groups excluding carboxylic acids is 1. The van der Waals surface area contributed by atoms with Gasteiger partial charge in [0, 0.05) is 5.69 Å². The lowest BCUT2D eigenvalue weighted by Gasteiger charge is -2.12. The minimum absolute atomic E-state index is 0.0642. The van der Waals surface area contributed by atoms with Crippen molar-refractivity contribution in [2.24, 2.45) is 0 Å². The standard InChI is InChI=1S/C16H13ClF3NO/c1-10-3-2-4-11(7-10)8-15(22)21-12-5-6-14(17)13(9-12)16(18,19)20/h2-7,9H,8H2,1H3,(H,21,22). The molecule has 0 saturated carbocycles. The lowest BCUT2D eigenvalue weighted by Crippen LogP contribution is -2.15. The molecule has 22 heavy (non-hydrogen) atoms. The highest BCUT2D eigenvalue weighted by Crippen LogP contribution is 2.36. The van der Waals surface area contributed by atoms with Crippen LogP contribution in [-0.4, -0.2) is 5.91 Å². The zero-order valence-corrected chi connectivity index (χ0v) is 12.4. The van der Waals surface area contributed by atoms with Crippen molar-refractivity contribution in [1.82, 2.24) is 0 Å². The molecule has 6 heteroatoms. The van der Waals surface area contributed by atoms with Gasteiger partial charge in [-0.05, 0) is 30.7 Å². The third kappa shape index (κ3) is 4.24. The molecule has 0 heterocycles. The van der Waals surface area contributed by atoms with E-state index < -0.39 is 16.8 Å². The van der Waals surface area contributed by atoms with Crippen LogP contribution in [0.4, 0.5) is 18.9 Å². The number of alkyl halides is 3. The second-order valence-electron chi connectivity index (χ2n) is 4.91. The van der Waals surface area contributed by atoms with E-state index in [2.05, 4.69) is 5.32 Å². The van der Waals surface area contributed by atoms with Gasteiger partial charge in [-0.3, -0.25) is 4.79 Å². The molecular weight excluding hydrogens is 315 g/mol. The van der Waals surface area contributed by atoms with Crippen molar-refractivity contribution >= 4 is 23.2 Å². The van der Waals surface area contributed by atoms with Crippen LogP contribution in [0.2, 0.25) is 5.02 Å². The Bertz CT molecular complexity index is 698. The number of hydrogen-bond acceptors (Lipinski definition) is 1. The average Bonchev–Trinajstić information content (AvgIpc) is 2.39. The van der Waals surface area contributed by atoms with E-state index in [0.29, 0.717) is 0 Å². The van der Waals surface area contributed by atoms with E-state index in [1.807, 2.05) is 25.1 Å². The lowest BCUT2D eigenvalue weighted by molar-refractivity contribution is -0.137. The van der Waals surface area contributed by atoms with Gasteiger partial charge in [-0.15, -0.1) is 0 Å². The Labute approximate surface area is 130 Å². The molecule has 0 bridgehead atoms. The Morgan fingerprint density at radius 1 is 1.18 bits per heavy atom. The maximum atomic E-state index is 12.8. The average molecular weight is 328 g/mol. The van der Waals surface area contributed by atoms with Crippen LogP contribution in [0.25, 0.3) is 0 Å². The fraction of sp³-hybridized carbons (Fsp3) is 0.188. The highest BCUT2D eigenvalue weighted by Gasteiger charge is 2.33. The van der Waals surface area contributed by atoms with E-state index >= 15 is 0 Å². The molecule has 0 atom stereocenters. The van der Waals surface area contributed by atoms with Gasteiger partial charge >= 0.3 is 6.18 Å². The third-order valence-corrected chi connectivity index (χ3v) is 3.33. The van der Waals surface area contributed by atoms with Gasteiger partial charge in [-0.25, -0.2) is 0 Å². The largest absolute Gasteiger partial charge is 0.417 e. The fourth-order valence-corrected chi connectivity index (χ4v) is 2.26. The SMILES string of the molecule is Cc1cccc(CC(=O)Nc2ccc(Cl)c(C(F)(F)F)c2)c1. The van der Waals surface area contributed by atoms with E-state index in [1.54, 1.807) is 6.07 Å². The van der Waals surface area contributed by atoms with Crippen LogP contribution < -0.4 is 5.32 Å². The number of rotatable bonds is 3. The summed E-state index contributed by atoms with van der Waals surface area (Å²) in [6.45, 7) is 1.90. The van der Waals surface area contributed by atoms with Gasteiger partial charge in [0.1, 0.15) is 0 Å². The minimum Gasteiger partial charge on any atom is -0.326 e. The zero-order chi connectivity index (χ0) is 16.3. The second-order valence-corrected chi connectivity index (χ2v) is 5.31. The number of hydrogen-bond donors (Lipinski definition) is 1. The number of benzene rings is 2. The number of aryl methyl sites for hydroxylation is 1. The van der Waals surface area contributed by atoms with E-state index in [9.17, 15) is 18.0 Å². The van der Waals surface area contributed by atoms with Crippen LogP contribution in [0.1, 0.15) is 16.7 Å². The summed E-state index contributed by atoms with van der Waals surface area (Å²) in [6, 6.07) is 10.6. The van der Waals surface area contributed by atoms with Gasteiger partial charge < -0.3 is 5.32 Å². The molecule has 2 aromatic rings. The van der Waals surface area contributed by atoms with Crippen LogP contribution in [0, 0.1) is 6.92 Å². The van der Waals surface area contributed by atoms with Crippen molar-refractivity contribution in [1.29, 1.82) is 0 Å². The Balaban J connectivity index is 2.12. The molecule has 116 valence electrons. The molecule has 1 amide bonds. The van der Waals surface area contributed by atoms with E-state index in [0.717, 1.165) is 23.3 Å².